The van der Waals surface area contributed by atoms with Crippen molar-refractivity contribution in [2.45, 2.75) is 50.9 Å². The molecule has 0 aromatic heterocycles. The van der Waals surface area contributed by atoms with E-state index in [1.54, 1.807) is 14.2 Å². The van der Waals surface area contributed by atoms with Crippen molar-refractivity contribution in [2.75, 3.05) is 40.5 Å². The molecule has 0 radical (unpaired) electrons. The van der Waals surface area contributed by atoms with Crippen LogP contribution in [0.3, 0.4) is 0 Å². The van der Waals surface area contributed by atoms with Gasteiger partial charge in [-0.05, 0) is 122 Å². The van der Waals surface area contributed by atoms with E-state index in [0.29, 0.717) is 5.92 Å². The largest absolute Gasteiger partial charge is 0.497 e. The molecule has 0 saturated carbocycles. The second kappa shape index (κ2) is 11.8. The second-order valence-corrected chi connectivity index (χ2v) is 10.2. The molecule has 1 aliphatic heterocycles. The van der Waals surface area contributed by atoms with E-state index in [2.05, 4.69) is 65.6 Å². The third kappa shape index (κ3) is 6.04. The van der Waals surface area contributed by atoms with E-state index >= 15 is 0 Å². The van der Waals surface area contributed by atoms with Crippen molar-refractivity contribution in [1.29, 1.82) is 0 Å². The molecule has 1 saturated heterocycles. The van der Waals surface area contributed by atoms with Crippen LogP contribution in [-0.2, 0) is 19.3 Å². The van der Waals surface area contributed by atoms with E-state index in [4.69, 9.17) is 14.2 Å². The lowest BCUT2D eigenvalue weighted by Gasteiger charge is -2.27. The molecule has 36 heavy (non-hydrogen) atoms. The van der Waals surface area contributed by atoms with Gasteiger partial charge < -0.3 is 14.2 Å². The van der Waals surface area contributed by atoms with Crippen LogP contribution in [0.5, 0.6) is 17.2 Å². The van der Waals surface area contributed by atoms with E-state index in [9.17, 15) is 0 Å². The summed E-state index contributed by atoms with van der Waals surface area (Å²) in [4.78, 5) is 2.52. The van der Waals surface area contributed by atoms with Gasteiger partial charge in [0.1, 0.15) is 23.9 Å². The van der Waals surface area contributed by atoms with Crippen molar-refractivity contribution in [3.05, 3.63) is 88.5 Å². The lowest BCUT2D eigenvalue weighted by atomic mass is 9.78. The lowest BCUT2D eigenvalue weighted by Crippen LogP contribution is -2.33. The quantitative estimate of drug-likeness (QED) is 0.349. The Kier molecular flexibility index (Phi) is 8.12. The fraction of sp³-hybridized carbons (Fsp3) is 0.438. The van der Waals surface area contributed by atoms with Crippen molar-refractivity contribution in [3.8, 4) is 17.2 Å². The SMILES string of the molecule is COc1ccc2c(c1)CCC(c1cc(OC)ccc1Cc1ccc(OCCN3CCCCC3)cc1)C2. The smallest absolute Gasteiger partial charge is 0.119 e. The van der Waals surface area contributed by atoms with E-state index < -0.39 is 0 Å². The highest BCUT2D eigenvalue weighted by atomic mass is 16.5. The van der Waals surface area contributed by atoms with E-state index in [1.807, 2.05) is 0 Å². The Bertz CT molecular complexity index is 1130. The number of fused-ring (bicyclic) bond motifs is 1. The molecule has 1 atom stereocenters. The van der Waals surface area contributed by atoms with Crippen molar-refractivity contribution in [1.82, 2.24) is 4.90 Å². The molecule has 2 aliphatic rings. The Morgan fingerprint density at radius 2 is 1.50 bits per heavy atom. The maximum absolute atomic E-state index is 6.05. The highest BCUT2D eigenvalue weighted by Crippen LogP contribution is 2.37. The summed E-state index contributed by atoms with van der Waals surface area (Å²) in [6.07, 6.45) is 8.22. The molecule has 0 amide bonds. The highest BCUT2D eigenvalue weighted by Gasteiger charge is 2.23. The number of hydrogen-bond acceptors (Lipinski definition) is 4. The average Bonchev–Trinajstić information content (AvgIpc) is 2.94. The Morgan fingerprint density at radius 1 is 0.778 bits per heavy atom. The number of piperidine rings is 1. The molecule has 1 unspecified atom stereocenters. The number of rotatable bonds is 9. The molecule has 190 valence electrons. The summed E-state index contributed by atoms with van der Waals surface area (Å²) in [6, 6.07) is 21.8. The second-order valence-electron chi connectivity index (χ2n) is 10.2. The van der Waals surface area contributed by atoms with Gasteiger partial charge in [0.2, 0.25) is 0 Å². The van der Waals surface area contributed by atoms with Gasteiger partial charge in [-0.2, -0.15) is 0 Å². The lowest BCUT2D eigenvalue weighted by molar-refractivity contribution is 0.183. The van der Waals surface area contributed by atoms with Crippen molar-refractivity contribution >= 4 is 0 Å². The maximum Gasteiger partial charge on any atom is 0.119 e. The highest BCUT2D eigenvalue weighted by molar-refractivity contribution is 5.45. The van der Waals surface area contributed by atoms with Crippen LogP contribution in [0.25, 0.3) is 0 Å². The Hall–Kier alpha value is -2.98. The van der Waals surface area contributed by atoms with Crippen LogP contribution in [-0.4, -0.2) is 45.4 Å². The average molecular weight is 486 g/mol. The molecule has 3 aromatic rings. The molecule has 0 N–H and O–H groups in total. The van der Waals surface area contributed by atoms with E-state index in [-0.39, 0.29) is 0 Å². The third-order valence-corrected chi connectivity index (χ3v) is 7.88. The standard InChI is InChI=1S/C32H39NO3/c1-34-30-14-10-25-21-28(9-8-26(25)22-30)32-23-31(35-2)15-11-27(32)20-24-6-12-29(13-7-24)36-19-18-33-16-4-3-5-17-33/h6-7,10-15,22-23,28H,3-5,8-9,16-21H2,1-2H3. The minimum Gasteiger partial charge on any atom is -0.497 e. The summed E-state index contributed by atoms with van der Waals surface area (Å²) in [5.74, 6) is 3.35. The first-order valence-electron chi connectivity index (χ1n) is 13.5. The van der Waals surface area contributed by atoms with Gasteiger partial charge in [-0.25, -0.2) is 0 Å². The van der Waals surface area contributed by atoms with Crippen LogP contribution in [0.15, 0.2) is 60.7 Å². The fourth-order valence-corrected chi connectivity index (χ4v) is 5.76. The zero-order chi connectivity index (χ0) is 24.7. The van der Waals surface area contributed by atoms with Gasteiger partial charge in [0.25, 0.3) is 0 Å². The number of methoxy groups -OCH3 is 2. The number of benzene rings is 3. The van der Waals surface area contributed by atoms with Gasteiger partial charge in [0, 0.05) is 6.54 Å². The first kappa shape index (κ1) is 24.7. The molecule has 0 bridgehead atoms. The molecular formula is C32H39NO3. The topological polar surface area (TPSA) is 30.9 Å². The van der Waals surface area contributed by atoms with Crippen LogP contribution >= 0.6 is 0 Å². The van der Waals surface area contributed by atoms with Crippen LogP contribution in [0.2, 0.25) is 0 Å². The molecular weight excluding hydrogens is 446 g/mol. The summed E-state index contributed by atoms with van der Waals surface area (Å²) >= 11 is 0. The fourth-order valence-electron chi connectivity index (χ4n) is 5.76. The van der Waals surface area contributed by atoms with Gasteiger partial charge in [-0.15, -0.1) is 0 Å². The minimum atomic E-state index is 0.494. The predicted octanol–water partition coefficient (Wildman–Crippen LogP) is 6.43. The summed E-state index contributed by atoms with van der Waals surface area (Å²) in [7, 11) is 3.50. The zero-order valence-electron chi connectivity index (χ0n) is 21.8. The van der Waals surface area contributed by atoms with Gasteiger partial charge in [-0.3, -0.25) is 4.90 Å². The number of likely N-dealkylation sites (tertiary alicyclic amines) is 1. The van der Waals surface area contributed by atoms with Crippen LogP contribution in [0, 0.1) is 0 Å². The van der Waals surface area contributed by atoms with Gasteiger partial charge in [0.15, 0.2) is 0 Å². The van der Waals surface area contributed by atoms with Crippen LogP contribution in [0.1, 0.15) is 59.4 Å². The van der Waals surface area contributed by atoms with Crippen molar-refractivity contribution in [3.63, 3.8) is 0 Å². The summed E-state index contributed by atoms with van der Waals surface area (Å²) < 4.78 is 17.1. The van der Waals surface area contributed by atoms with Gasteiger partial charge in [-0.1, -0.05) is 30.7 Å². The Morgan fingerprint density at radius 3 is 2.28 bits per heavy atom. The van der Waals surface area contributed by atoms with Gasteiger partial charge in [0.05, 0.1) is 14.2 Å². The van der Waals surface area contributed by atoms with Crippen molar-refractivity contribution in [2.24, 2.45) is 0 Å². The summed E-state index contributed by atoms with van der Waals surface area (Å²) in [5, 5.41) is 0. The van der Waals surface area contributed by atoms with Gasteiger partial charge >= 0.3 is 0 Å². The molecule has 1 fully saturated rings. The van der Waals surface area contributed by atoms with Crippen LogP contribution < -0.4 is 14.2 Å². The maximum atomic E-state index is 6.05. The molecule has 1 aliphatic carbocycles. The number of ether oxygens (including phenoxy) is 3. The molecule has 5 rings (SSSR count). The predicted molar refractivity (Wildman–Crippen MR) is 146 cm³/mol. The number of hydrogen-bond donors (Lipinski definition) is 0. The van der Waals surface area contributed by atoms with Crippen LogP contribution in [0.4, 0.5) is 0 Å². The van der Waals surface area contributed by atoms with Crippen molar-refractivity contribution < 1.29 is 14.2 Å². The first-order chi connectivity index (χ1) is 17.7. The molecule has 3 aromatic carbocycles. The van der Waals surface area contributed by atoms with E-state index in [1.165, 1.54) is 60.2 Å². The Balaban J connectivity index is 1.25. The third-order valence-electron chi connectivity index (χ3n) is 7.88. The monoisotopic (exact) mass is 485 g/mol. The molecule has 4 heteroatoms. The zero-order valence-corrected chi connectivity index (χ0v) is 21.8. The molecule has 4 nitrogen and oxygen atoms in total. The number of nitrogens with zero attached hydrogens (tertiary/aromatic N) is 1. The summed E-state index contributed by atoms with van der Waals surface area (Å²) in [6.45, 7) is 4.21. The number of aryl methyl sites for hydroxylation is 1. The minimum absolute atomic E-state index is 0.494. The first-order valence-corrected chi connectivity index (χ1v) is 13.5. The molecule has 0 spiro atoms. The normalized spacial score (nSPS) is 17.9. The Labute approximate surface area is 216 Å². The summed E-state index contributed by atoms with van der Waals surface area (Å²) in [5.41, 5.74) is 6.97. The van der Waals surface area contributed by atoms with E-state index in [0.717, 1.165) is 56.1 Å². The molecule has 1 heterocycles.